The molecule has 14 heavy (non-hydrogen) atoms. The average molecular weight is 192 g/mol. The van der Waals surface area contributed by atoms with E-state index in [0.29, 0.717) is 18.3 Å². The quantitative estimate of drug-likeness (QED) is 0.596. The van der Waals surface area contributed by atoms with Gasteiger partial charge in [0.25, 0.3) is 0 Å². The normalized spacial score (nSPS) is 41.9. The number of fused-ring (bicyclic) bond motifs is 1. The van der Waals surface area contributed by atoms with Crippen molar-refractivity contribution in [1.29, 1.82) is 0 Å². The highest BCUT2D eigenvalue weighted by Crippen LogP contribution is 2.50. The van der Waals surface area contributed by atoms with Gasteiger partial charge in [0, 0.05) is 12.0 Å². The molecular weight excluding hydrogens is 176 g/mol. The second kappa shape index (κ2) is 3.04. The van der Waals surface area contributed by atoms with Crippen molar-refractivity contribution >= 4 is 12.1 Å². The Morgan fingerprint density at radius 3 is 2.93 bits per heavy atom. The molecule has 0 spiro atoms. The molecule has 0 aromatic carbocycles. The third kappa shape index (κ3) is 1.09. The molecule has 0 aromatic rings. The summed E-state index contributed by atoms with van der Waals surface area (Å²) in [5.74, 6) is 1.12. The lowest BCUT2D eigenvalue weighted by Gasteiger charge is -2.38. The van der Waals surface area contributed by atoms with E-state index < -0.39 is 5.41 Å². The van der Waals surface area contributed by atoms with Crippen molar-refractivity contribution in [2.75, 3.05) is 0 Å². The topological polar surface area (TPSA) is 34.1 Å². The summed E-state index contributed by atoms with van der Waals surface area (Å²) in [6.45, 7) is 4.06. The van der Waals surface area contributed by atoms with E-state index in [4.69, 9.17) is 0 Å². The molecular formula is C12H16O2. The summed E-state index contributed by atoms with van der Waals surface area (Å²) >= 11 is 0. The van der Waals surface area contributed by atoms with Gasteiger partial charge in [-0.1, -0.05) is 13.0 Å². The minimum Gasteiger partial charge on any atom is -0.299 e. The fraction of sp³-hybridized carbons (Fsp3) is 0.667. The molecule has 0 amide bonds. The smallest absolute Gasteiger partial charge is 0.146 e. The van der Waals surface area contributed by atoms with Crippen LogP contribution in [0.3, 0.4) is 0 Å². The van der Waals surface area contributed by atoms with Gasteiger partial charge in [-0.25, -0.2) is 0 Å². The van der Waals surface area contributed by atoms with Crippen LogP contribution in [0.25, 0.3) is 0 Å². The highest BCUT2D eigenvalue weighted by atomic mass is 16.1. The number of aldehydes is 1. The van der Waals surface area contributed by atoms with E-state index in [1.807, 2.05) is 13.0 Å². The number of Topliss-reactive ketones (excluding diaryl/α,β-unsaturated/α-hetero) is 1. The maximum Gasteiger partial charge on any atom is 0.146 e. The molecule has 2 rings (SSSR count). The molecule has 3 atom stereocenters. The third-order valence-electron chi connectivity index (χ3n) is 3.97. The fourth-order valence-corrected chi connectivity index (χ4v) is 2.94. The van der Waals surface area contributed by atoms with E-state index in [2.05, 4.69) is 6.92 Å². The van der Waals surface area contributed by atoms with Crippen LogP contribution in [0.2, 0.25) is 0 Å². The van der Waals surface area contributed by atoms with Gasteiger partial charge in [-0.3, -0.25) is 9.59 Å². The first kappa shape index (κ1) is 9.63. The molecule has 3 unspecified atom stereocenters. The van der Waals surface area contributed by atoms with E-state index >= 15 is 0 Å². The van der Waals surface area contributed by atoms with E-state index in [0.717, 1.165) is 24.7 Å². The van der Waals surface area contributed by atoms with Crippen LogP contribution in [0.4, 0.5) is 0 Å². The summed E-state index contributed by atoms with van der Waals surface area (Å²) < 4.78 is 0. The van der Waals surface area contributed by atoms with Crippen LogP contribution in [-0.2, 0) is 9.59 Å². The highest BCUT2D eigenvalue weighted by molar-refractivity contribution is 5.96. The zero-order chi connectivity index (χ0) is 10.3. The van der Waals surface area contributed by atoms with Gasteiger partial charge >= 0.3 is 0 Å². The molecule has 0 radical (unpaired) electrons. The summed E-state index contributed by atoms with van der Waals surface area (Å²) in [5, 5.41) is 0. The zero-order valence-electron chi connectivity index (χ0n) is 8.75. The summed E-state index contributed by atoms with van der Waals surface area (Å²) in [6, 6.07) is 0. The number of carbonyl (C=O) groups is 2. The lowest BCUT2D eigenvalue weighted by Crippen LogP contribution is -2.40. The molecule has 0 bridgehead atoms. The van der Waals surface area contributed by atoms with Crippen molar-refractivity contribution in [3.63, 3.8) is 0 Å². The summed E-state index contributed by atoms with van der Waals surface area (Å²) in [5.41, 5.74) is 0.272. The Morgan fingerprint density at radius 1 is 1.57 bits per heavy atom. The van der Waals surface area contributed by atoms with Gasteiger partial charge in [0.1, 0.15) is 12.1 Å². The predicted octanol–water partition coefficient (Wildman–Crippen LogP) is 2.14. The van der Waals surface area contributed by atoms with E-state index in [1.54, 1.807) is 0 Å². The molecule has 2 heteroatoms. The Hall–Kier alpha value is -0.920. The molecule has 0 heterocycles. The minimum atomic E-state index is -0.450. The number of carbonyl (C=O) groups excluding carboxylic acids is 2. The van der Waals surface area contributed by atoms with Crippen LogP contribution in [0.1, 0.15) is 33.1 Å². The van der Waals surface area contributed by atoms with E-state index in [9.17, 15) is 9.59 Å². The maximum atomic E-state index is 12.0. The van der Waals surface area contributed by atoms with Crippen LogP contribution >= 0.6 is 0 Å². The van der Waals surface area contributed by atoms with Crippen molar-refractivity contribution in [3.8, 4) is 0 Å². The van der Waals surface area contributed by atoms with Crippen molar-refractivity contribution in [3.05, 3.63) is 11.6 Å². The van der Waals surface area contributed by atoms with Crippen molar-refractivity contribution in [2.24, 2.45) is 17.3 Å². The second-order valence-corrected chi connectivity index (χ2v) is 4.88. The largest absolute Gasteiger partial charge is 0.299 e. The van der Waals surface area contributed by atoms with Crippen LogP contribution in [0, 0.1) is 17.3 Å². The standard InChI is InChI=1S/C12H16O2/c1-8-5-9-3-4-10(7-13)12(9,2)11(14)6-8/h4,7-9H,3,5-6H2,1-2H3. The van der Waals surface area contributed by atoms with Crippen LogP contribution in [-0.4, -0.2) is 12.1 Å². The Labute approximate surface area is 84.4 Å². The molecule has 2 aliphatic rings. The monoisotopic (exact) mass is 192 g/mol. The molecule has 0 N–H and O–H groups in total. The Balaban J connectivity index is 2.36. The van der Waals surface area contributed by atoms with Gasteiger partial charge in [0.2, 0.25) is 0 Å². The van der Waals surface area contributed by atoms with Crippen LogP contribution in [0.15, 0.2) is 11.6 Å². The van der Waals surface area contributed by atoms with E-state index in [-0.39, 0.29) is 5.78 Å². The number of ketones is 1. The summed E-state index contributed by atoms with van der Waals surface area (Å²) in [4.78, 5) is 22.9. The summed E-state index contributed by atoms with van der Waals surface area (Å²) in [6.07, 6.45) is 5.44. The Bertz CT molecular complexity index is 316. The van der Waals surface area contributed by atoms with Crippen molar-refractivity contribution in [2.45, 2.75) is 33.1 Å². The summed E-state index contributed by atoms with van der Waals surface area (Å²) in [7, 11) is 0. The molecule has 76 valence electrons. The Kier molecular flexibility index (Phi) is 2.09. The number of hydrogen-bond acceptors (Lipinski definition) is 2. The fourth-order valence-electron chi connectivity index (χ4n) is 2.94. The molecule has 0 saturated heterocycles. The van der Waals surface area contributed by atoms with Gasteiger partial charge in [0.05, 0.1) is 5.41 Å². The first-order valence-corrected chi connectivity index (χ1v) is 5.28. The number of hydrogen-bond donors (Lipinski definition) is 0. The molecule has 1 fully saturated rings. The molecule has 1 saturated carbocycles. The lowest BCUT2D eigenvalue weighted by atomic mass is 9.63. The van der Waals surface area contributed by atoms with Gasteiger partial charge in [-0.05, 0) is 31.6 Å². The highest BCUT2D eigenvalue weighted by Gasteiger charge is 2.50. The maximum absolute atomic E-state index is 12.0. The van der Waals surface area contributed by atoms with Crippen molar-refractivity contribution in [1.82, 2.24) is 0 Å². The van der Waals surface area contributed by atoms with Gasteiger partial charge in [-0.2, -0.15) is 0 Å². The Morgan fingerprint density at radius 2 is 2.29 bits per heavy atom. The molecule has 2 nitrogen and oxygen atoms in total. The zero-order valence-corrected chi connectivity index (χ0v) is 8.75. The second-order valence-electron chi connectivity index (χ2n) is 4.88. The number of rotatable bonds is 1. The van der Waals surface area contributed by atoms with Crippen LogP contribution < -0.4 is 0 Å². The van der Waals surface area contributed by atoms with E-state index in [1.165, 1.54) is 0 Å². The number of allylic oxidation sites excluding steroid dienone is 2. The predicted molar refractivity (Wildman–Crippen MR) is 53.8 cm³/mol. The third-order valence-corrected chi connectivity index (χ3v) is 3.97. The first-order chi connectivity index (χ1) is 6.59. The van der Waals surface area contributed by atoms with Gasteiger partial charge in [-0.15, -0.1) is 0 Å². The van der Waals surface area contributed by atoms with Crippen molar-refractivity contribution < 1.29 is 9.59 Å². The van der Waals surface area contributed by atoms with Gasteiger partial charge in [0.15, 0.2) is 0 Å². The minimum absolute atomic E-state index is 0.261. The molecule has 2 aliphatic carbocycles. The average Bonchev–Trinajstić information content (AvgIpc) is 2.44. The molecule has 0 aliphatic heterocycles. The first-order valence-electron chi connectivity index (χ1n) is 5.28. The lowest BCUT2D eigenvalue weighted by molar-refractivity contribution is -0.133. The van der Waals surface area contributed by atoms with Crippen LogP contribution in [0.5, 0.6) is 0 Å². The van der Waals surface area contributed by atoms with Gasteiger partial charge < -0.3 is 0 Å². The molecule has 0 aromatic heterocycles. The SMILES string of the molecule is CC1CC(=O)C2(C)C(C=O)=CCC2C1.